The van der Waals surface area contributed by atoms with E-state index < -0.39 is 5.97 Å². The number of nitrogens with zero attached hydrogens (tertiary/aromatic N) is 1. The largest absolute Gasteiger partial charge is 0.497 e. The number of carboxylic acid groups (broad SMARTS) is 1. The van der Waals surface area contributed by atoms with E-state index in [4.69, 9.17) is 14.6 Å². The lowest BCUT2D eigenvalue weighted by atomic mass is 10.2. The summed E-state index contributed by atoms with van der Waals surface area (Å²) >= 11 is 0. The van der Waals surface area contributed by atoms with Crippen LogP contribution in [0.4, 0.5) is 0 Å². The van der Waals surface area contributed by atoms with Crippen molar-refractivity contribution in [2.24, 2.45) is 0 Å². The van der Waals surface area contributed by atoms with Gasteiger partial charge in [-0.05, 0) is 36.4 Å². The number of benzene rings is 2. The van der Waals surface area contributed by atoms with Crippen LogP contribution >= 0.6 is 0 Å². The summed E-state index contributed by atoms with van der Waals surface area (Å²) in [4.78, 5) is 18.4. The molecule has 0 atom stereocenters. The molecule has 1 heterocycles. The molecule has 112 valence electrons. The first-order valence-corrected chi connectivity index (χ1v) is 6.64. The predicted octanol–water partition coefficient (Wildman–Crippen LogP) is 2.85. The van der Waals surface area contributed by atoms with Crippen LogP contribution in [0.25, 0.3) is 11.0 Å². The molecule has 2 aromatic carbocycles. The van der Waals surface area contributed by atoms with E-state index >= 15 is 0 Å². The Kier molecular flexibility index (Phi) is 3.65. The van der Waals surface area contributed by atoms with Gasteiger partial charge in [0.05, 0.1) is 23.7 Å². The second-order valence-corrected chi connectivity index (χ2v) is 4.68. The molecule has 0 bridgehead atoms. The monoisotopic (exact) mass is 298 g/mol. The van der Waals surface area contributed by atoms with Gasteiger partial charge in [0.25, 0.3) is 0 Å². The fourth-order valence-electron chi connectivity index (χ4n) is 2.08. The van der Waals surface area contributed by atoms with Crippen LogP contribution in [0, 0.1) is 0 Å². The third-order valence-corrected chi connectivity index (χ3v) is 3.21. The highest BCUT2D eigenvalue weighted by Crippen LogP contribution is 2.19. The number of aromatic carboxylic acids is 1. The Bertz CT molecular complexity index is 809. The lowest BCUT2D eigenvalue weighted by Crippen LogP contribution is -1.99. The Morgan fingerprint density at radius 2 is 1.91 bits per heavy atom. The van der Waals surface area contributed by atoms with Crippen LogP contribution in [-0.4, -0.2) is 28.2 Å². The van der Waals surface area contributed by atoms with Crippen molar-refractivity contribution >= 4 is 17.0 Å². The molecule has 0 saturated carbocycles. The van der Waals surface area contributed by atoms with Gasteiger partial charge in [0.1, 0.15) is 23.9 Å². The van der Waals surface area contributed by atoms with Crippen molar-refractivity contribution in [3.63, 3.8) is 0 Å². The van der Waals surface area contributed by atoms with Gasteiger partial charge < -0.3 is 19.6 Å². The molecule has 0 aliphatic rings. The lowest BCUT2D eigenvalue weighted by Gasteiger charge is -2.04. The van der Waals surface area contributed by atoms with E-state index in [1.165, 1.54) is 12.1 Å². The first-order valence-electron chi connectivity index (χ1n) is 6.64. The van der Waals surface area contributed by atoms with Gasteiger partial charge in [-0.3, -0.25) is 0 Å². The number of hydrogen-bond donors (Lipinski definition) is 2. The van der Waals surface area contributed by atoms with Crippen LogP contribution in [0.1, 0.15) is 16.2 Å². The molecule has 0 saturated heterocycles. The fraction of sp³-hybridized carbons (Fsp3) is 0.125. The predicted molar refractivity (Wildman–Crippen MR) is 80.4 cm³/mol. The van der Waals surface area contributed by atoms with E-state index in [-0.39, 0.29) is 12.2 Å². The summed E-state index contributed by atoms with van der Waals surface area (Å²) in [7, 11) is 1.61. The summed E-state index contributed by atoms with van der Waals surface area (Å²) in [6, 6.07) is 11.8. The molecule has 1 aromatic heterocycles. The minimum Gasteiger partial charge on any atom is -0.497 e. The van der Waals surface area contributed by atoms with Crippen LogP contribution in [0.5, 0.6) is 11.5 Å². The number of rotatable bonds is 5. The zero-order chi connectivity index (χ0) is 15.5. The van der Waals surface area contributed by atoms with Gasteiger partial charge in [0.2, 0.25) is 0 Å². The lowest BCUT2D eigenvalue weighted by molar-refractivity contribution is 0.0697. The van der Waals surface area contributed by atoms with E-state index in [1.807, 2.05) is 18.2 Å². The molecule has 6 heteroatoms. The van der Waals surface area contributed by atoms with Crippen molar-refractivity contribution in [2.75, 3.05) is 7.11 Å². The average molecular weight is 298 g/mol. The molecular formula is C16H14N2O4. The van der Waals surface area contributed by atoms with Crippen molar-refractivity contribution < 1.29 is 19.4 Å². The second-order valence-electron chi connectivity index (χ2n) is 4.68. The SMILES string of the molecule is COc1ccc2nc(COc3ccc(C(=O)O)cc3)[nH]c2c1. The molecule has 0 spiro atoms. The number of carbonyl (C=O) groups is 1. The smallest absolute Gasteiger partial charge is 0.335 e. The third-order valence-electron chi connectivity index (χ3n) is 3.21. The molecular weight excluding hydrogens is 284 g/mol. The molecule has 0 amide bonds. The Hall–Kier alpha value is -3.02. The minimum atomic E-state index is -0.960. The van der Waals surface area contributed by atoms with Crippen LogP contribution in [0.2, 0.25) is 0 Å². The summed E-state index contributed by atoms with van der Waals surface area (Å²) in [5.74, 6) is 1.07. The molecule has 0 radical (unpaired) electrons. The van der Waals surface area contributed by atoms with Crippen molar-refractivity contribution in [3.05, 3.63) is 53.9 Å². The van der Waals surface area contributed by atoms with Gasteiger partial charge in [0, 0.05) is 6.07 Å². The molecule has 3 aromatic rings. The summed E-state index contributed by atoms with van der Waals surface area (Å²) in [6.45, 7) is 0.267. The number of imidazole rings is 1. The normalized spacial score (nSPS) is 10.6. The first kappa shape index (κ1) is 13.9. The zero-order valence-corrected chi connectivity index (χ0v) is 11.9. The molecule has 3 rings (SSSR count). The quantitative estimate of drug-likeness (QED) is 0.756. The Morgan fingerprint density at radius 3 is 2.59 bits per heavy atom. The fourth-order valence-corrected chi connectivity index (χ4v) is 2.08. The highest BCUT2D eigenvalue weighted by Gasteiger charge is 2.06. The number of carboxylic acids is 1. The van der Waals surface area contributed by atoms with Crippen molar-refractivity contribution in [2.45, 2.75) is 6.61 Å². The van der Waals surface area contributed by atoms with Crippen molar-refractivity contribution in [3.8, 4) is 11.5 Å². The summed E-state index contributed by atoms with van der Waals surface area (Å²) in [5, 5.41) is 8.84. The molecule has 0 aliphatic carbocycles. The van der Waals surface area contributed by atoms with Gasteiger partial charge in [-0.25, -0.2) is 9.78 Å². The summed E-state index contributed by atoms with van der Waals surface area (Å²) in [6.07, 6.45) is 0. The van der Waals surface area contributed by atoms with E-state index in [0.29, 0.717) is 11.6 Å². The standard InChI is InChI=1S/C16H14N2O4/c1-21-12-6-7-13-14(8-12)18-15(17-13)9-22-11-4-2-10(3-5-11)16(19)20/h2-8H,9H2,1H3,(H,17,18)(H,19,20). The number of aromatic amines is 1. The third kappa shape index (κ3) is 2.85. The maximum Gasteiger partial charge on any atom is 0.335 e. The van der Waals surface area contributed by atoms with E-state index in [2.05, 4.69) is 9.97 Å². The number of H-pyrrole nitrogens is 1. The highest BCUT2D eigenvalue weighted by atomic mass is 16.5. The van der Waals surface area contributed by atoms with E-state index in [0.717, 1.165) is 16.8 Å². The highest BCUT2D eigenvalue weighted by molar-refractivity contribution is 5.87. The minimum absolute atomic E-state index is 0.225. The Morgan fingerprint density at radius 1 is 1.18 bits per heavy atom. The molecule has 2 N–H and O–H groups in total. The topological polar surface area (TPSA) is 84.4 Å². The van der Waals surface area contributed by atoms with E-state index in [1.54, 1.807) is 19.2 Å². The molecule has 0 aliphatic heterocycles. The van der Waals surface area contributed by atoms with Gasteiger partial charge in [-0.2, -0.15) is 0 Å². The van der Waals surface area contributed by atoms with E-state index in [9.17, 15) is 4.79 Å². The Labute approximate surface area is 126 Å². The molecule has 0 unspecified atom stereocenters. The van der Waals surface area contributed by atoms with Crippen LogP contribution in [-0.2, 0) is 6.61 Å². The summed E-state index contributed by atoms with van der Waals surface area (Å²) in [5.41, 5.74) is 1.93. The number of nitrogens with one attached hydrogen (secondary N) is 1. The zero-order valence-electron chi connectivity index (χ0n) is 11.9. The number of fused-ring (bicyclic) bond motifs is 1. The maximum atomic E-state index is 10.8. The van der Waals surface area contributed by atoms with Gasteiger partial charge in [0.15, 0.2) is 0 Å². The number of aromatic nitrogens is 2. The van der Waals surface area contributed by atoms with Crippen LogP contribution < -0.4 is 9.47 Å². The van der Waals surface area contributed by atoms with Gasteiger partial charge in [-0.15, -0.1) is 0 Å². The molecule has 22 heavy (non-hydrogen) atoms. The maximum absolute atomic E-state index is 10.8. The number of hydrogen-bond acceptors (Lipinski definition) is 4. The van der Waals surface area contributed by atoms with Crippen molar-refractivity contribution in [1.82, 2.24) is 9.97 Å². The Balaban J connectivity index is 1.71. The van der Waals surface area contributed by atoms with Gasteiger partial charge in [-0.1, -0.05) is 0 Å². The molecule has 6 nitrogen and oxygen atoms in total. The number of methoxy groups -OCH3 is 1. The van der Waals surface area contributed by atoms with Gasteiger partial charge >= 0.3 is 5.97 Å². The van der Waals surface area contributed by atoms with Crippen LogP contribution in [0.15, 0.2) is 42.5 Å². The average Bonchev–Trinajstić information content (AvgIpc) is 2.95. The van der Waals surface area contributed by atoms with Crippen molar-refractivity contribution in [1.29, 1.82) is 0 Å². The van der Waals surface area contributed by atoms with Crippen LogP contribution in [0.3, 0.4) is 0 Å². The molecule has 0 fully saturated rings. The summed E-state index contributed by atoms with van der Waals surface area (Å²) < 4.78 is 10.8. The number of ether oxygens (including phenoxy) is 2. The second kappa shape index (κ2) is 5.77. The first-order chi connectivity index (χ1) is 10.7.